The van der Waals surface area contributed by atoms with E-state index in [1.54, 1.807) is 10.7 Å². The van der Waals surface area contributed by atoms with E-state index in [-0.39, 0.29) is 11.5 Å². The molecule has 160 valence electrons. The molecule has 0 bridgehead atoms. The molecule has 3 aromatic rings. The fourth-order valence-electron chi connectivity index (χ4n) is 4.54. The Hall–Kier alpha value is -2.80. The molecule has 1 saturated heterocycles. The van der Waals surface area contributed by atoms with Gasteiger partial charge in [0.2, 0.25) is 0 Å². The van der Waals surface area contributed by atoms with Gasteiger partial charge in [-0.25, -0.2) is 9.67 Å². The topological polar surface area (TPSA) is 68.1 Å². The molecule has 1 aliphatic carbocycles. The Morgan fingerprint density at radius 1 is 1.10 bits per heavy atom. The van der Waals surface area contributed by atoms with Gasteiger partial charge in [-0.3, -0.25) is 9.59 Å². The Bertz CT molecular complexity index is 1130. The lowest BCUT2D eigenvalue weighted by Gasteiger charge is -2.31. The van der Waals surface area contributed by atoms with Gasteiger partial charge in [-0.1, -0.05) is 30.3 Å². The monoisotopic (exact) mass is 434 g/mol. The standard InChI is InChI=1S/C24H26N4O2S/c29-22-14-19-8-4-5-9-20(19)26-28(22)15-17-10-12-27(13-11-17)24(30)21-16-31-23(25-21)18-6-2-1-3-7-18/h1-3,6-7,14,16-17H,4-5,8-13,15H2. The molecule has 5 rings (SSSR count). The highest BCUT2D eigenvalue weighted by atomic mass is 32.1. The molecule has 0 saturated carbocycles. The van der Waals surface area contributed by atoms with Crippen molar-refractivity contribution >= 4 is 17.2 Å². The van der Waals surface area contributed by atoms with Gasteiger partial charge in [0, 0.05) is 36.6 Å². The second-order valence-electron chi connectivity index (χ2n) is 8.48. The number of hydrogen-bond donors (Lipinski definition) is 0. The van der Waals surface area contributed by atoms with Gasteiger partial charge in [0.05, 0.1) is 5.69 Å². The highest BCUT2D eigenvalue weighted by Crippen LogP contribution is 2.26. The van der Waals surface area contributed by atoms with E-state index in [1.807, 2.05) is 40.6 Å². The third-order valence-corrected chi connectivity index (χ3v) is 7.24. The summed E-state index contributed by atoms with van der Waals surface area (Å²) >= 11 is 1.51. The number of piperidine rings is 1. The smallest absolute Gasteiger partial charge is 0.273 e. The number of fused-ring (bicyclic) bond motifs is 1. The molecule has 31 heavy (non-hydrogen) atoms. The predicted molar refractivity (Wildman–Crippen MR) is 121 cm³/mol. The first-order valence-corrected chi connectivity index (χ1v) is 12.0. The number of benzene rings is 1. The molecule has 1 aliphatic heterocycles. The number of thiazole rings is 1. The van der Waals surface area contributed by atoms with Crippen LogP contribution in [0.1, 0.15) is 47.4 Å². The van der Waals surface area contributed by atoms with Crippen LogP contribution in [0, 0.1) is 5.92 Å². The Morgan fingerprint density at radius 2 is 1.87 bits per heavy atom. The molecule has 0 unspecified atom stereocenters. The van der Waals surface area contributed by atoms with E-state index in [0.29, 0.717) is 31.2 Å². The number of likely N-dealkylation sites (tertiary alicyclic amines) is 1. The maximum Gasteiger partial charge on any atom is 0.273 e. The summed E-state index contributed by atoms with van der Waals surface area (Å²) in [4.78, 5) is 31.9. The molecule has 7 heteroatoms. The third kappa shape index (κ3) is 4.32. The molecular formula is C24H26N4O2S. The Kier molecular flexibility index (Phi) is 5.68. The van der Waals surface area contributed by atoms with Crippen LogP contribution in [0.2, 0.25) is 0 Å². The van der Waals surface area contributed by atoms with Crippen LogP contribution in [-0.4, -0.2) is 38.7 Å². The molecule has 2 aromatic heterocycles. The van der Waals surface area contributed by atoms with Crippen LogP contribution in [0.15, 0.2) is 46.6 Å². The van der Waals surface area contributed by atoms with Crippen molar-refractivity contribution in [2.24, 2.45) is 5.92 Å². The number of carbonyl (C=O) groups excluding carboxylic acids is 1. The summed E-state index contributed by atoms with van der Waals surface area (Å²) < 4.78 is 1.65. The molecule has 0 radical (unpaired) electrons. The summed E-state index contributed by atoms with van der Waals surface area (Å²) in [6.07, 6.45) is 6.01. The molecule has 0 spiro atoms. The Morgan fingerprint density at radius 3 is 2.68 bits per heavy atom. The van der Waals surface area contributed by atoms with Crippen molar-refractivity contribution in [1.29, 1.82) is 0 Å². The van der Waals surface area contributed by atoms with Crippen molar-refractivity contribution < 1.29 is 4.79 Å². The predicted octanol–water partition coefficient (Wildman–Crippen LogP) is 3.80. The number of aromatic nitrogens is 3. The largest absolute Gasteiger partial charge is 0.337 e. The summed E-state index contributed by atoms with van der Waals surface area (Å²) in [5.74, 6) is 0.368. The second-order valence-corrected chi connectivity index (χ2v) is 9.34. The van der Waals surface area contributed by atoms with E-state index in [9.17, 15) is 9.59 Å². The van der Waals surface area contributed by atoms with Crippen LogP contribution in [-0.2, 0) is 19.4 Å². The minimum Gasteiger partial charge on any atom is -0.337 e. The van der Waals surface area contributed by atoms with Gasteiger partial charge >= 0.3 is 0 Å². The Labute approximate surface area is 185 Å². The van der Waals surface area contributed by atoms with Crippen molar-refractivity contribution in [2.75, 3.05) is 13.1 Å². The van der Waals surface area contributed by atoms with E-state index in [4.69, 9.17) is 0 Å². The van der Waals surface area contributed by atoms with Gasteiger partial charge in [0.1, 0.15) is 10.7 Å². The molecule has 2 aliphatic rings. The van der Waals surface area contributed by atoms with Gasteiger partial charge in [0.15, 0.2) is 0 Å². The summed E-state index contributed by atoms with van der Waals surface area (Å²) in [5.41, 5.74) is 3.79. The van der Waals surface area contributed by atoms with Crippen molar-refractivity contribution in [3.8, 4) is 10.6 Å². The highest BCUT2D eigenvalue weighted by molar-refractivity contribution is 7.13. The van der Waals surface area contributed by atoms with E-state index < -0.39 is 0 Å². The molecule has 0 N–H and O–H groups in total. The van der Waals surface area contributed by atoms with Crippen molar-refractivity contribution in [1.82, 2.24) is 19.7 Å². The summed E-state index contributed by atoms with van der Waals surface area (Å²) in [6.45, 7) is 2.03. The zero-order valence-electron chi connectivity index (χ0n) is 17.5. The molecule has 0 atom stereocenters. The minimum absolute atomic E-state index is 0.000883. The minimum atomic E-state index is 0.000883. The van der Waals surface area contributed by atoms with Crippen molar-refractivity contribution in [3.63, 3.8) is 0 Å². The van der Waals surface area contributed by atoms with Crippen LogP contribution in [0.4, 0.5) is 0 Å². The maximum atomic E-state index is 12.9. The van der Waals surface area contributed by atoms with Crippen molar-refractivity contribution in [2.45, 2.75) is 45.1 Å². The van der Waals surface area contributed by atoms with E-state index >= 15 is 0 Å². The van der Waals surface area contributed by atoms with Gasteiger partial charge < -0.3 is 4.90 Å². The first kappa shape index (κ1) is 20.1. The summed E-state index contributed by atoms with van der Waals surface area (Å²) in [6, 6.07) is 11.7. The fourth-order valence-corrected chi connectivity index (χ4v) is 5.34. The zero-order valence-corrected chi connectivity index (χ0v) is 18.3. The lowest BCUT2D eigenvalue weighted by atomic mass is 9.95. The molecular weight excluding hydrogens is 408 g/mol. The SMILES string of the molecule is O=C(c1csc(-c2ccccc2)n1)N1CCC(Cn2nc3c(cc2=O)CCCC3)CC1. The first-order valence-electron chi connectivity index (χ1n) is 11.1. The second kappa shape index (κ2) is 8.75. The van der Waals surface area contributed by atoms with Gasteiger partial charge in [0.25, 0.3) is 11.5 Å². The molecule has 3 heterocycles. The fraction of sp³-hybridized carbons (Fsp3) is 0.417. The normalized spacial score (nSPS) is 16.8. The van der Waals surface area contributed by atoms with E-state index in [0.717, 1.165) is 60.4 Å². The van der Waals surface area contributed by atoms with E-state index in [1.165, 1.54) is 11.3 Å². The number of aryl methyl sites for hydroxylation is 2. The lowest BCUT2D eigenvalue weighted by Crippen LogP contribution is -2.40. The van der Waals surface area contributed by atoms with Crippen LogP contribution in [0.25, 0.3) is 10.6 Å². The van der Waals surface area contributed by atoms with Crippen LogP contribution in [0.3, 0.4) is 0 Å². The Balaban J connectivity index is 1.21. The third-order valence-electron chi connectivity index (χ3n) is 6.35. The average molecular weight is 435 g/mol. The first-order chi connectivity index (χ1) is 15.2. The zero-order chi connectivity index (χ0) is 21.2. The summed E-state index contributed by atoms with van der Waals surface area (Å²) in [7, 11) is 0. The van der Waals surface area contributed by atoms with Gasteiger partial charge in [-0.15, -0.1) is 11.3 Å². The summed E-state index contributed by atoms with van der Waals surface area (Å²) in [5, 5.41) is 7.38. The van der Waals surface area contributed by atoms with Crippen LogP contribution in [0.5, 0.6) is 0 Å². The van der Waals surface area contributed by atoms with Gasteiger partial charge in [-0.05, 0) is 50.0 Å². The highest BCUT2D eigenvalue weighted by Gasteiger charge is 2.26. The maximum absolute atomic E-state index is 12.9. The number of amides is 1. The number of carbonyl (C=O) groups is 1. The quantitative estimate of drug-likeness (QED) is 0.626. The number of hydrogen-bond acceptors (Lipinski definition) is 5. The van der Waals surface area contributed by atoms with Crippen LogP contribution < -0.4 is 5.56 Å². The van der Waals surface area contributed by atoms with E-state index in [2.05, 4.69) is 10.1 Å². The lowest BCUT2D eigenvalue weighted by molar-refractivity contribution is 0.0675. The van der Waals surface area contributed by atoms with Crippen molar-refractivity contribution in [3.05, 3.63) is 69.1 Å². The molecule has 6 nitrogen and oxygen atoms in total. The number of rotatable bonds is 4. The molecule has 1 amide bonds. The molecule has 1 aromatic carbocycles. The van der Waals surface area contributed by atoms with Crippen LogP contribution >= 0.6 is 11.3 Å². The van der Waals surface area contributed by atoms with Gasteiger partial charge in [-0.2, -0.15) is 5.10 Å². The number of nitrogens with zero attached hydrogens (tertiary/aromatic N) is 4. The average Bonchev–Trinajstić information content (AvgIpc) is 3.31. The molecule has 1 fully saturated rings.